The van der Waals surface area contributed by atoms with E-state index in [2.05, 4.69) is 15.6 Å². The molecule has 0 radical (unpaired) electrons. The summed E-state index contributed by atoms with van der Waals surface area (Å²) < 4.78 is 13.0. The van der Waals surface area contributed by atoms with Gasteiger partial charge in [-0.25, -0.2) is 9.37 Å². The number of thiazole rings is 1. The maximum Gasteiger partial charge on any atom is 0.226 e. The smallest absolute Gasteiger partial charge is 0.226 e. The van der Waals surface area contributed by atoms with E-state index in [0.717, 1.165) is 21.0 Å². The van der Waals surface area contributed by atoms with Crippen LogP contribution in [0.3, 0.4) is 0 Å². The Morgan fingerprint density at radius 1 is 1.18 bits per heavy atom. The molecule has 0 aliphatic heterocycles. The molecule has 5 nitrogen and oxygen atoms in total. The van der Waals surface area contributed by atoms with Gasteiger partial charge in [-0.2, -0.15) is 0 Å². The Hall–Kier alpha value is -2.58. The average Bonchev–Trinajstić information content (AvgIpc) is 3.29. The van der Waals surface area contributed by atoms with Crippen molar-refractivity contribution in [2.75, 3.05) is 5.32 Å². The summed E-state index contributed by atoms with van der Waals surface area (Å²) in [5, 5.41) is 8.04. The molecule has 1 atom stereocenters. The minimum Gasteiger partial charge on any atom is -0.351 e. The normalized spacial score (nSPS) is 11.8. The van der Waals surface area contributed by atoms with Gasteiger partial charge in [-0.3, -0.25) is 9.59 Å². The van der Waals surface area contributed by atoms with Gasteiger partial charge in [0, 0.05) is 23.6 Å². The standard InChI is InChI=1S/C20H20FN3O2S2/c1-12(14-3-5-15(21)6-4-14)9-19(26)24-20-23-17(11-27-20)18-8-7-16(28-18)10-22-13(2)25/h3-8,11-12H,9-10H2,1-2H3,(H,22,25)(H,23,24,26). The van der Waals surface area contributed by atoms with Crippen molar-refractivity contribution in [3.05, 3.63) is 58.0 Å². The molecule has 0 aliphatic carbocycles. The molecular formula is C20H20FN3O2S2. The van der Waals surface area contributed by atoms with Crippen LogP contribution in [0.4, 0.5) is 9.52 Å². The topological polar surface area (TPSA) is 71.1 Å². The van der Waals surface area contributed by atoms with Gasteiger partial charge < -0.3 is 10.6 Å². The van der Waals surface area contributed by atoms with Crippen LogP contribution in [-0.4, -0.2) is 16.8 Å². The molecule has 146 valence electrons. The number of thiophene rings is 1. The van der Waals surface area contributed by atoms with Crippen LogP contribution in [0.2, 0.25) is 0 Å². The van der Waals surface area contributed by atoms with Crippen molar-refractivity contribution in [1.29, 1.82) is 0 Å². The number of nitrogens with zero attached hydrogens (tertiary/aromatic N) is 1. The van der Waals surface area contributed by atoms with Gasteiger partial charge in [0.05, 0.1) is 17.1 Å². The van der Waals surface area contributed by atoms with Crippen molar-refractivity contribution in [3.63, 3.8) is 0 Å². The van der Waals surface area contributed by atoms with Gasteiger partial charge in [0.1, 0.15) is 5.82 Å². The highest BCUT2D eigenvalue weighted by molar-refractivity contribution is 7.17. The molecule has 0 spiro atoms. The van der Waals surface area contributed by atoms with Crippen LogP contribution in [0.1, 0.15) is 36.6 Å². The van der Waals surface area contributed by atoms with Gasteiger partial charge in [-0.15, -0.1) is 22.7 Å². The monoisotopic (exact) mass is 417 g/mol. The van der Waals surface area contributed by atoms with E-state index in [1.807, 2.05) is 24.4 Å². The zero-order chi connectivity index (χ0) is 20.1. The maximum absolute atomic E-state index is 13.0. The third-order valence-corrected chi connectivity index (χ3v) is 5.97. The summed E-state index contributed by atoms with van der Waals surface area (Å²) in [4.78, 5) is 29.8. The van der Waals surface area contributed by atoms with E-state index in [1.54, 1.807) is 23.5 Å². The fourth-order valence-corrected chi connectivity index (χ4v) is 4.33. The number of nitrogens with one attached hydrogen (secondary N) is 2. The number of rotatable bonds is 7. The SMILES string of the molecule is CC(=O)NCc1ccc(-c2csc(NC(=O)CC(C)c3ccc(F)cc3)n2)s1. The summed E-state index contributed by atoms with van der Waals surface area (Å²) in [6.45, 7) is 3.91. The Kier molecular flexibility index (Phi) is 6.53. The van der Waals surface area contributed by atoms with E-state index in [4.69, 9.17) is 0 Å². The first-order valence-electron chi connectivity index (χ1n) is 8.75. The van der Waals surface area contributed by atoms with Crippen molar-refractivity contribution >= 4 is 39.6 Å². The van der Waals surface area contributed by atoms with Crippen LogP contribution in [0, 0.1) is 5.82 Å². The lowest BCUT2D eigenvalue weighted by molar-refractivity contribution is -0.119. The highest BCUT2D eigenvalue weighted by Crippen LogP contribution is 2.31. The van der Waals surface area contributed by atoms with Crippen molar-refractivity contribution in [1.82, 2.24) is 10.3 Å². The Balaban J connectivity index is 1.57. The van der Waals surface area contributed by atoms with Crippen LogP contribution in [0.5, 0.6) is 0 Å². The molecule has 8 heteroatoms. The van der Waals surface area contributed by atoms with Gasteiger partial charge in [0.2, 0.25) is 11.8 Å². The second-order valence-corrected chi connectivity index (χ2v) is 8.44. The van der Waals surface area contributed by atoms with Gasteiger partial charge in [0.15, 0.2) is 5.13 Å². The molecule has 3 rings (SSSR count). The number of halogens is 1. The molecule has 2 N–H and O–H groups in total. The van der Waals surface area contributed by atoms with E-state index in [0.29, 0.717) is 18.1 Å². The summed E-state index contributed by atoms with van der Waals surface area (Å²) in [5.41, 5.74) is 1.72. The number of amides is 2. The molecule has 0 bridgehead atoms. The third-order valence-electron chi connectivity index (χ3n) is 4.11. The Morgan fingerprint density at radius 2 is 1.93 bits per heavy atom. The first-order valence-corrected chi connectivity index (χ1v) is 10.4. The highest BCUT2D eigenvalue weighted by Gasteiger charge is 2.14. The number of carbonyl (C=O) groups excluding carboxylic acids is 2. The molecule has 0 aliphatic rings. The lowest BCUT2D eigenvalue weighted by atomic mass is 9.97. The Morgan fingerprint density at radius 3 is 2.64 bits per heavy atom. The number of anilines is 1. The largest absolute Gasteiger partial charge is 0.351 e. The fraction of sp³-hybridized carbons (Fsp3) is 0.250. The molecule has 0 saturated heterocycles. The number of aromatic nitrogens is 1. The minimum atomic E-state index is -0.287. The lowest BCUT2D eigenvalue weighted by Gasteiger charge is -2.11. The van der Waals surface area contributed by atoms with Gasteiger partial charge >= 0.3 is 0 Å². The third kappa shape index (κ3) is 5.46. The van der Waals surface area contributed by atoms with Crippen LogP contribution in [0.25, 0.3) is 10.6 Å². The van der Waals surface area contributed by atoms with Crippen LogP contribution >= 0.6 is 22.7 Å². The molecule has 3 aromatic rings. The molecule has 0 saturated carbocycles. The van der Waals surface area contributed by atoms with Gasteiger partial charge in [-0.1, -0.05) is 19.1 Å². The number of benzene rings is 1. The average molecular weight is 418 g/mol. The second kappa shape index (κ2) is 9.07. The van der Waals surface area contributed by atoms with Gasteiger partial charge in [-0.05, 0) is 35.7 Å². The van der Waals surface area contributed by atoms with Crippen LogP contribution < -0.4 is 10.6 Å². The summed E-state index contributed by atoms with van der Waals surface area (Å²) in [7, 11) is 0. The predicted octanol–water partition coefficient (Wildman–Crippen LogP) is 4.78. The zero-order valence-corrected chi connectivity index (χ0v) is 17.1. The summed E-state index contributed by atoms with van der Waals surface area (Å²) in [6.07, 6.45) is 0.292. The molecular weight excluding hydrogens is 397 g/mol. The molecule has 2 heterocycles. The Labute approximate surface area is 170 Å². The Bertz CT molecular complexity index is 966. The van der Waals surface area contributed by atoms with Crippen molar-refractivity contribution in [2.45, 2.75) is 32.7 Å². The summed E-state index contributed by atoms with van der Waals surface area (Å²) in [5.74, 6) is -0.503. The van der Waals surface area contributed by atoms with E-state index < -0.39 is 0 Å². The molecule has 28 heavy (non-hydrogen) atoms. The van der Waals surface area contributed by atoms with E-state index >= 15 is 0 Å². The second-order valence-electron chi connectivity index (χ2n) is 6.42. The summed E-state index contributed by atoms with van der Waals surface area (Å²) >= 11 is 2.92. The van der Waals surface area contributed by atoms with Crippen molar-refractivity contribution in [2.24, 2.45) is 0 Å². The molecule has 2 aromatic heterocycles. The first-order chi connectivity index (χ1) is 13.4. The highest BCUT2D eigenvalue weighted by atomic mass is 32.1. The maximum atomic E-state index is 13.0. The van der Waals surface area contributed by atoms with Crippen molar-refractivity contribution < 1.29 is 14.0 Å². The fourth-order valence-electron chi connectivity index (χ4n) is 2.62. The van der Waals surface area contributed by atoms with Crippen LogP contribution in [-0.2, 0) is 16.1 Å². The molecule has 1 aromatic carbocycles. The molecule has 2 amide bonds. The van der Waals surface area contributed by atoms with Crippen molar-refractivity contribution in [3.8, 4) is 10.6 Å². The number of carbonyl (C=O) groups is 2. The van der Waals surface area contributed by atoms with E-state index in [9.17, 15) is 14.0 Å². The first kappa shape index (κ1) is 20.2. The van der Waals surface area contributed by atoms with Crippen LogP contribution in [0.15, 0.2) is 41.8 Å². The zero-order valence-electron chi connectivity index (χ0n) is 15.5. The number of hydrogen-bond donors (Lipinski definition) is 2. The lowest BCUT2D eigenvalue weighted by Crippen LogP contribution is -2.17. The van der Waals surface area contributed by atoms with E-state index in [-0.39, 0.29) is 23.5 Å². The predicted molar refractivity (Wildman–Crippen MR) is 111 cm³/mol. The quantitative estimate of drug-likeness (QED) is 0.581. The summed E-state index contributed by atoms with van der Waals surface area (Å²) in [6, 6.07) is 10.1. The molecule has 0 fully saturated rings. The van der Waals surface area contributed by atoms with Gasteiger partial charge in [0.25, 0.3) is 0 Å². The molecule has 1 unspecified atom stereocenters. The van der Waals surface area contributed by atoms with E-state index in [1.165, 1.54) is 30.4 Å². The minimum absolute atomic E-state index is 0.0198. The number of hydrogen-bond acceptors (Lipinski definition) is 5.